The zero-order chi connectivity index (χ0) is 13.7. The predicted molar refractivity (Wildman–Crippen MR) is 71.0 cm³/mol. The second kappa shape index (κ2) is 6.96. The first-order chi connectivity index (χ1) is 9.16. The minimum atomic E-state index is -0.410. The summed E-state index contributed by atoms with van der Waals surface area (Å²) in [4.78, 5) is 0. The molecular formula is C15H21F2NO. The van der Waals surface area contributed by atoms with E-state index in [1.165, 1.54) is 18.9 Å². The van der Waals surface area contributed by atoms with Gasteiger partial charge < -0.3 is 10.1 Å². The average Bonchev–Trinajstić information content (AvgIpc) is 2.90. The smallest absolute Gasteiger partial charge is 0.128 e. The van der Waals surface area contributed by atoms with E-state index in [1.54, 1.807) is 0 Å². The minimum absolute atomic E-state index is 0.220. The third-order valence-corrected chi connectivity index (χ3v) is 3.63. The zero-order valence-electron chi connectivity index (χ0n) is 11.3. The molecule has 1 fully saturated rings. The van der Waals surface area contributed by atoms with Gasteiger partial charge in [-0.1, -0.05) is 12.8 Å². The van der Waals surface area contributed by atoms with Gasteiger partial charge >= 0.3 is 0 Å². The molecule has 0 spiro atoms. The van der Waals surface area contributed by atoms with Gasteiger partial charge in [-0.05, 0) is 38.0 Å². The van der Waals surface area contributed by atoms with E-state index in [4.69, 9.17) is 4.74 Å². The largest absolute Gasteiger partial charge is 0.377 e. The van der Waals surface area contributed by atoms with Crippen LogP contribution in [0.2, 0.25) is 0 Å². The van der Waals surface area contributed by atoms with E-state index in [0.29, 0.717) is 24.8 Å². The topological polar surface area (TPSA) is 21.3 Å². The third-order valence-electron chi connectivity index (χ3n) is 3.63. The summed E-state index contributed by atoms with van der Waals surface area (Å²) < 4.78 is 32.3. The maximum absolute atomic E-state index is 13.5. The van der Waals surface area contributed by atoms with Gasteiger partial charge in [-0.25, -0.2) is 8.78 Å². The van der Waals surface area contributed by atoms with Crippen LogP contribution in [0.25, 0.3) is 0 Å². The van der Waals surface area contributed by atoms with Gasteiger partial charge in [0.15, 0.2) is 0 Å². The molecule has 1 atom stereocenters. The van der Waals surface area contributed by atoms with Crippen molar-refractivity contribution in [1.82, 2.24) is 5.32 Å². The van der Waals surface area contributed by atoms with Crippen molar-refractivity contribution in [1.29, 1.82) is 0 Å². The van der Waals surface area contributed by atoms with Crippen LogP contribution in [0, 0.1) is 11.6 Å². The first-order valence-corrected chi connectivity index (χ1v) is 6.97. The average molecular weight is 269 g/mol. The highest BCUT2D eigenvalue weighted by atomic mass is 19.1. The van der Waals surface area contributed by atoms with Gasteiger partial charge in [-0.15, -0.1) is 0 Å². The van der Waals surface area contributed by atoms with Crippen LogP contribution in [-0.4, -0.2) is 19.3 Å². The minimum Gasteiger partial charge on any atom is -0.377 e. The highest BCUT2D eigenvalue weighted by Gasteiger charge is 2.15. The fourth-order valence-corrected chi connectivity index (χ4v) is 2.51. The lowest BCUT2D eigenvalue weighted by atomic mass is 10.1. The first-order valence-electron chi connectivity index (χ1n) is 6.97. The number of hydrogen-bond donors (Lipinski definition) is 1. The van der Waals surface area contributed by atoms with Crippen molar-refractivity contribution >= 4 is 0 Å². The Morgan fingerprint density at radius 1 is 1.32 bits per heavy atom. The van der Waals surface area contributed by atoms with E-state index in [1.807, 2.05) is 6.92 Å². The Labute approximate surface area is 113 Å². The summed E-state index contributed by atoms with van der Waals surface area (Å²) in [5.74, 6) is -0.787. The van der Waals surface area contributed by atoms with Crippen LogP contribution in [0.15, 0.2) is 18.2 Å². The molecule has 0 aromatic heterocycles. The van der Waals surface area contributed by atoms with Crippen LogP contribution in [-0.2, 0) is 4.74 Å². The molecule has 1 N–H and O–H groups in total. The van der Waals surface area contributed by atoms with Crippen molar-refractivity contribution in [3.63, 3.8) is 0 Å². The summed E-state index contributed by atoms with van der Waals surface area (Å²) in [5, 5.41) is 3.16. The second-order valence-corrected chi connectivity index (χ2v) is 5.12. The molecule has 1 aromatic rings. The first kappa shape index (κ1) is 14.4. The normalized spacial score (nSPS) is 17.8. The molecule has 2 rings (SSSR count). The third kappa shape index (κ3) is 4.25. The van der Waals surface area contributed by atoms with Crippen LogP contribution < -0.4 is 5.32 Å². The molecule has 4 heteroatoms. The van der Waals surface area contributed by atoms with E-state index < -0.39 is 5.82 Å². The Hall–Kier alpha value is -1.00. The predicted octanol–water partition coefficient (Wildman–Crippen LogP) is 3.57. The van der Waals surface area contributed by atoms with Crippen LogP contribution in [0.1, 0.15) is 44.2 Å². The van der Waals surface area contributed by atoms with E-state index in [9.17, 15) is 8.78 Å². The van der Waals surface area contributed by atoms with Crippen LogP contribution in [0.4, 0.5) is 8.78 Å². The number of ether oxygens (including phenoxy) is 1. The molecule has 1 aliphatic carbocycles. The van der Waals surface area contributed by atoms with Gasteiger partial charge in [0.25, 0.3) is 0 Å². The van der Waals surface area contributed by atoms with Crippen molar-refractivity contribution in [3.05, 3.63) is 35.4 Å². The fourth-order valence-electron chi connectivity index (χ4n) is 2.51. The summed E-state index contributed by atoms with van der Waals surface area (Å²) in [7, 11) is 0. The van der Waals surface area contributed by atoms with Gasteiger partial charge in [-0.2, -0.15) is 0 Å². The second-order valence-electron chi connectivity index (χ2n) is 5.12. The Bertz CT molecular complexity index is 405. The Morgan fingerprint density at radius 3 is 2.79 bits per heavy atom. The van der Waals surface area contributed by atoms with Crippen LogP contribution in [0.5, 0.6) is 0 Å². The fraction of sp³-hybridized carbons (Fsp3) is 0.600. The van der Waals surface area contributed by atoms with Gasteiger partial charge in [0.2, 0.25) is 0 Å². The van der Waals surface area contributed by atoms with Crippen LogP contribution >= 0.6 is 0 Å². The maximum Gasteiger partial charge on any atom is 0.128 e. The van der Waals surface area contributed by atoms with Crippen molar-refractivity contribution in [2.24, 2.45) is 0 Å². The van der Waals surface area contributed by atoms with E-state index in [-0.39, 0.29) is 11.9 Å². The molecular weight excluding hydrogens is 248 g/mol. The van der Waals surface area contributed by atoms with E-state index in [0.717, 1.165) is 25.0 Å². The van der Waals surface area contributed by atoms with E-state index >= 15 is 0 Å². The van der Waals surface area contributed by atoms with Crippen LogP contribution in [0.3, 0.4) is 0 Å². The highest BCUT2D eigenvalue weighted by Crippen LogP contribution is 2.21. The highest BCUT2D eigenvalue weighted by molar-refractivity contribution is 5.21. The zero-order valence-corrected chi connectivity index (χ0v) is 11.3. The lowest BCUT2D eigenvalue weighted by Gasteiger charge is -2.16. The van der Waals surface area contributed by atoms with E-state index in [2.05, 4.69) is 5.32 Å². The lowest BCUT2D eigenvalue weighted by Crippen LogP contribution is -2.25. The quantitative estimate of drug-likeness (QED) is 0.797. The molecule has 0 heterocycles. The molecule has 1 aromatic carbocycles. The Balaban J connectivity index is 1.74. The molecule has 1 aliphatic rings. The van der Waals surface area contributed by atoms with Gasteiger partial charge in [-0.3, -0.25) is 0 Å². The number of hydrogen-bond acceptors (Lipinski definition) is 2. The molecule has 0 saturated heterocycles. The van der Waals surface area contributed by atoms with Crippen molar-refractivity contribution in [2.45, 2.75) is 44.8 Å². The molecule has 0 bridgehead atoms. The lowest BCUT2D eigenvalue weighted by molar-refractivity contribution is 0.0593. The standard InChI is InChI=1S/C15H21F2NO/c1-11(14-10-12(16)6-7-15(14)17)18-8-9-19-13-4-2-3-5-13/h6-7,10-11,13,18H,2-5,8-9H2,1H3. The summed E-state index contributed by atoms with van der Waals surface area (Å²) in [6.45, 7) is 3.09. The number of halogens is 2. The number of nitrogens with one attached hydrogen (secondary N) is 1. The molecule has 19 heavy (non-hydrogen) atoms. The van der Waals surface area contributed by atoms with Gasteiger partial charge in [0.05, 0.1) is 12.7 Å². The monoisotopic (exact) mass is 269 g/mol. The maximum atomic E-state index is 13.5. The summed E-state index contributed by atoms with van der Waals surface area (Å²) in [6, 6.07) is 3.32. The number of benzene rings is 1. The Kier molecular flexibility index (Phi) is 5.28. The van der Waals surface area contributed by atoms with Gasteiger partial charge in [0, 0.05) is 18.2 Å². The van der Waals surface area contributed by atoms with Crippen molar-refractivity contribution in [3.8, 4) is 0 Å². The van der Waals surface area contributed by atoms with Gasteiger partial charge in [0.1, 0.15) is 11.6 Å². The molecule has 0 radical (unpaired) electrons. The molecule has 2 nitrogen and oxygen atoms in total. The van der Waals surface area contributed by atoms with Crippen molar-refractivity contribution < 1.29 is 13.5 Å². The molecule has 0 amide bonds. The SMILES string of the molecule is CC(NCCOC1CCCC1)c1cc(F)ccc1F. The van der Waals surface area contributed by atoms with Crippen molar-refractivity contribution in [2.75, 3.05) is 13.2 Å². The number of rotatable bonds is 6. The molecule has 0 aliphatic heterocycles. The molecule has 106 valence electrons. The molecule has 1 saturated carbocycles. The summed E-state index contributed by atoms with van der Waals surface area (Å²) in [5.41, 5.74) is 0.362. The molecule has 1 unspecified atom stereocenters. The Morgan fingerprint density at radius 2 is 2.05 bits per heavy atom. The summed E-state index contributed by atoms with van der Waals surface area (Å²) in [6.07, 6.45) is 5.19. The summed E-state index contributed by atoms with van der Waals surface area (Å²) >= 11 is 0.